The Kier molecular flexibility index (Phi) is 8.81. The molecule has 0 aromatic heterocycles. The van der Waals surface area contributed by atoms with Gasteiger partial charge in [-0.05, 0) is 89.2 Å². The van der Waals surface area contributed by atoms with Gasteiger partial charge in [0.1, 0.15) is 5.25 Å². The summed E-state index contributed by atoms with van der Waals surface area (Å²) >= 11 is 9.16. The molecule has 1 N–H and O–H groups in total. The number of hydrogen-bond acceptors (Lipinski definition) is 4. The molecule has 0 spiro atoms. The van der Waals surface area contributed by atoms with Crippen LogP contribution in [0.15, 0.2) is 77.8 Å². The van der Waals surface area contributed by atoms with Gasteiger partial charge in [-0.3, -0.25) is 14.5 Å². The number of amidine groups is 1. The summed E-state index contributed by atoms with van der Waals surface area (Å²) in [4.78, 5) is 31.9. The van der Waals surface area contributed by atoms with Crippen molar-refractivity contribution in [2.45, 2.75) is 24.3 Å². The standard InChI is InChI=1S/C26H20ClF3IN3O2S/c27-18-6-4-16(5-7-18)12-13-34-23(35)15-22(24(36)32-20-10-8-19(31)9-11-20)37-25(34)33-21-3-1-2-17(14-21)26(28,29)30/h1-11,14,22H,12-13,15H2,(H,32,36). The monoisotopic (exact) mass is 657 g/mol. The highest BCUT2D eigenvalue weighted by molar-refractivity contribution is 14.1. The van der Waals surface area contributed by atoms with Gasteiger partial charge in [0.25, 0.3) is 0 Å². The predicted molar refractivity (Wildman–Crippen MR) is 149 cm³/mol. The van der Waals surface area contributed by atoms with Gasteiger partial charge in [0.2, 0.25) is 11.8 Å². The SMILES string of the molecule is O=C(Nc1ccc(I)cc1)C1CC(=O)N(CCc2ccc(Cl)cc2)C(=Nc2cccc(C(F)(F)F)c2)S1. The van der Waals surface area contributed by atoms with Crippen LogP contribution in [-0.2, 0) is 22.2 Å². The molecule has 4 rings (SSSR count). The number of alkyl halides is 3. The van der Waals surface area contributed by atoms with E-state index in [2.05, 4.69) is 32.9 Å². The van der Waals surface area contributed by atoms with Crippen molar-refractivity contribution in [3.63, 3.8) is 0 Å². The number of aliphatic imine (C=N–C) groups is 1. The van der Waals surface area contributed by atoms with E-state index in [0.29, 0.717) is 17.1 Å². The van der Waals surface area contributed by atoms with Crippen LogP contribution in [0.2, 0.25) is 5.02 Å². The summed E-state index contributed by atoms with van der Waals surface area (Å²) in [6.07, 6.45) is -4.12. The second-order valence-electron chi connectivity index (χ2n) is 8.17. The van der Waals surface area contributed by atoms with Gasteiger partial charge in [0, 0.05) is 27.2 Å². The highest BCUT2D eigenvalue weighted by atomic mass is 127. The van der Waals surface area contributed by atoms with Gasteiger partial charge in [-0.2, -0.15) is 13.2 Å². The fourth-order valence-corrected chi connectivity index (χ4v) is 5.18. The summed E-state index contributed by atoms with van der Waals surface area (Å²) in [6, 6.07) is 18.9. The largest absolute Gasteiger partial charge is 0.416 e. The van der Waals surface area contributed by atoms with E-state index in [-0.39, 0.29) is 35.6 Å². The lowest BCUT2D eigenvalue weighted by Gasteiger charge is -2.32. The van der Waals surface area contributed by atoms with Gasteiger partial charge < -0.3 is 5.32 Å². The first-order chi connectivity index (χ1) is 17.6. The minimum absolute atomic E-state index is 0.0420. The Morgan fingerprint density at radius 1 is 1.11 bits per heavy atom. The van der Waals surface area contributed by atoms with Gasteiger partial charge in [-0.25, -0.2) is 4.99 Å². The van der Waals surface area contributed by atoms with E-state index in [1.165, 1.54) is 17.0 Å². The smallest absolute Gasteiger partial charge is 0.325 e. The topological polar surface area (TPSA) is 61.8 Å². The van der Waals surface area contributed by atoms with E-state index in [1.54, 1.807) is 24.3 Å². The van der Waals surface area contributed by atoms with Crippen LogP contribution in [0.3, 0.4) is 0 Å². The van der Waals surface area contributed by atoms with E-state index in [4.69, 9.17) is 11.6 Å². The molecule has 2 amide bonds. The molecule has 1 aliphatic heterocycles. The van der Waals surface area contributed by atoms with Gasteiger partial charge in [0.15, 0.2) is 5.17 Å². The molecule has 37 heavy (non-hydrogen) atoms. The molecule has 1 unspecified atom stereocenters. The van der Waals surface area contributed by atoms with E-state index < -0.39 is 17.0 Å². The van der Waals surface area contributed by atoms with E-state index in [9.17, 15) is 22.8 Å². The van der Waals surface area contributed by atoms with Crippen molar-refractivity contribution in [1.82, 2.24) is 4.90 Å². The molecule has 0 radical (unpaired) electrons. The number of thioether (sulfide) groups is 1. The van der Waals surface area contributed by atoms with Gasteiger partial charge >= 0.3 is 6.18 Å². The van der Waals surface area contributed by atoms with E-state index in [1.807, 2.05) is 24.3 Å². The minimum atomic E-state index is -4.53. The van der Waals surface area contributed by atoms with Crippen molar-refractivity contribution in [2.24, 2.45) is 4.99 Å². The first kappa shape index (κ1) is 27.5. The van der Waals surface area contributed by atoms with Gasteiger partial charge in [0.05, 0.1) is 11.3 Å². The molecular weight excluding hydrogens is 638 g/mol. The van der Waals surface area contributed by atoms with Crippen LogP contribution in [0.25, 0.3) is 0 Å². The fourth-order valence-electron chi connectivity index (χ4n) is 3.57. The quantitative estimate of drug-likeness (QED) is 0.286. The van der Waals surface area contributed by atoms with Crippen LogP contribution in [0, 0.1) is 3.57 Å². The molecule has 3 aromatic rings. The van der Waals surface area contributed by atoms with Crippen molar-refractivity contribution in [3.05, 3.63) is 92.5 Å². The Morgan fingerprint density at radius 3 is 2.49 bits per heavy atom. The third-order valence-electron chi connectivity index (χ3n) is 5.48. The van der Waals surface area contributed by atoms with E-state index in [0.717, 1.165) is 33.0 Å². The second kappa shape index (κ2) is 11.9. The van der Waals surface area contributed by atoms with Crippen molar-refractivity contribution < 1.29 is 22.8 Å². The zero-order valence-electron chi connectivity index (χ0n) is 19.1. The molecule has 1 fully saturated rings. The number of carbonyl (C=O) groups excluding carboxylic acids is 2. The van der Waals surface area contributed by atoms with E-state index >= 15 is 0 Å². The molecule has 5 nitrogen and oxygen atoms in total. The molecule has 1 aliphatic rings. The number of rotatable bonds is 6. The Hall–Kier alpha value is -2.57. The predicted octanol–water partition coefficient (Wildman–Crippen LogP) is 7.17. The molecule has 1 saturated heterocycles. The Bertz CT molecular complexity index is 1320. The molecule has 0 bridgehead atoms. The zero-order chi connectivity index (χ0) is 26.6. The Balaban J connectivity index is 1.59. The number of carbonyl (C=O) groups is 2. The minimum Gasteiger partial charge on any atom is -0.325 e. The fraction of sp³-hybridized carbons (Fsp3) is 0.192. The lowest BCUT2D eigenvalue weighted by molar-refractivity contribution is -0.137. The summed E-state index contributed by atoms with van der Waals surface area (Å²) in [6.45, 7) is 0.247. The van der Waals surface area contributed by atoms with Crippen LogP contribution in [0.5, 0.6) is 0 Å². The molecule has 11 heteroatoms. The first-order valence-electron chi connectivity index (χ1n) is 11.1. The molecule has 1 atom stereocenters. The second-order valence-corrected chi connectivity index (χ2v) is 11.0. The summed E-state index contributed by atoms with van der Waals surface area (Å²) in [5.41, 5.74) is 0.710. The highest BCUT2D eigenvalue weighted by Crippen LogP contribution is 2.34. The van der Waals surface area contributed by atoms with Crippen molar-refractivity contribution in [3.8, 4) is 0 Å². The van der Waals surface area contributed by atoms with Crippen molar-refractivity contribution in [2.75, 3.05) is 11.9 Å². The summed E-state index contributed by atoms with van der Waals surface area (Å²) in [5, 5.41) is 2.77. The number of halogens is 5. The molecule has 0 aliphatic carbocycles. The lowest BCUT2D eigenvalue weighted by Crippen LogP contribution is -2.46. The van der Waals surface area contributed by atoms with Crippen LogP contribution in [0.1, 0.15) is 17.5 Å². The third kappa shape index (κ3) is 7.48. The number of amides is 2. The highest BCUT2D eigenvalue weighted by Gasteiger charge is 2.36. The van der Waals surface area contributed by atoms with Crippen LogP contribution < -0.4 is 5.32 Å². The number of hydrogen-bond donors (Lipinski definition) is 1. The first-order valence-corrected chi connectivity index (χ1v) is 13.5. The Morgan fingerprint density at radius 2 is 1.81 bits per heavy atom. The average Bonchev–Trinajstić information content (AvgIpc) is 2.85. The number of nitrogens with one attached hydrogen (secondary N) is 1. The summed E-state index contributed by atoms with van der Waals surface area (Å²) < 4.78 is 40.7. The van der Waals surface area contributed by atoms with Gasteiger partial charge in [-0.1, -0.05) is 41.6 Å². The maximum absolute atomic E-state index is 13.2. The molecule has 0 saturated carbocycles. The molecule has 192 valence electrons. The number of anilines is 1. The lowest BCUT2D eigenvalue weighted by atomic mass is 10.1. The summed E-state index contributed by atoms with van der Waals surface area (Å²) in [5.74, 6) is -0.713. The third-order valence-corrected chi connectivity index (χ3v) is 7.64. The number of nitrogens with zero attached hydrogens (tertiary/aromatic N) is 2. The van der Waals surface area contributed by atoms with Gasteiger partial charge in [-0.15, -0.1) is 0 Å². The maximum Gasteiger partial charge on any atom is 0.416 e. The average molecular weight is 658 g/mol. The maximum atomic E-state index is 13.2. The molecular formula is C26H20ClF3IN3O2S. The molecule has 3 aromatic carbocycles. The number of benzene rings is 3. The molecule has 1 heterocycles. The van der Waals surface area contributed by atoms with Crippen molar-refractivity contribution in [1.29, 1.82) is 0 Å². The Labute approximate surface area is 234 Å². The van der Waals surface area contributed by atoms with Crippen LogP contribution >= 0.6 is 46.0 Å². The zero-order valence-corrected chi connectivity index (χ0v) is 22.9. The van der Waals surface area contributed by atoms with Crippen molar-refractivity contribution >= 4 is 74.3 Å². The van der Waals surface area contributed by atoms with Crippen LogP contribution in [-0.4, -0.2) is 33.7 Å². The summed E-state index contributed by atoms with van der Waals surface area (Å²) in [7, 11) is 0. The normalized spacial score (nSPS) is 17.2. The van der Waals surface area contributed by atoms with Crippen LogP contribution in [0.4, 0.5) is 24.5 Å².